The molecule has 4 fully saturated rings. The molecule has 2 saturated heterocycles. The summed E-state index contributed by atoms with van der Waals surface area (Å²) in [5, 5.41) is 0. The van der Waals surface area contributed by atoms with E-state index >= 15 is 0 Å². The fourth-order valence-electron chi connectivity index (χ4n) is 3.60. The van der Waals surface area contributed by atoms with Gasteiger partial charge in [-0.25, -0.2) is 0 Å². The summed E-state index contributed by atoms with van der Waals surface area (Å²) in [6, 6.07) is 0. The van der Waals surface area contributed by atoms with Crippen LogP contribution in [-0.2, 0) is 9.53 Å². The van der Waals surface area contributed by atoms with Crippen molar-refractivity contribution in [3.8, 4) is 0 Å². The van der Waals surface area contributed by atoms with Gasteiger partial charge >= 0.3 is 95.1 Å². The van der Waals surface area contributed by atoms with Crippen LogP contribution in [0.3, 0.4) is 0 Å². The molecule has 4 bridgehead atoms. The van der Waals surface area contributed by atoms with Crippen molar-refractivity contribution in [1.82, 2.24) is 0 Å². The standard InChI is InChI=1S/C11H16IO2/c1-12-10-7-2-6-3-8(5-7)14-11(13)9(10)4-6/h6-10H,2-5H2,1H3/q-1. The topological polar surface area (TPSA) is 26.3 Å². The average molecular weight is 307 g/mol. The quantitative estimate of drug-likeness (QED) is 0.333. The Bertz CT molecular complexity index is 266. The zero-order valence-electron chi connectivity index (χ0n) is 8.41. The molecule has 0 amide bonds. The van der Waals surface area contributed by atoms with Gasteiger partial charge in [-0.15, -0.1) is 0 Å². The van der Waals surface area contributed by atoms with Crippen LogP contribution >= 0.6 is 0 Å². The van der Waals surface area contributed by atoms with Crippen LogP contribution in [0.5, 0.6) is 0 Å². The molecule has 2 nitrogen and oxygen atoms in total. The zero-order valence-corrected chi connectivity index (χ0v) is 10.6. The molecule has 2 heterocycles. The van der Waals surface area contributed by atoms with E-state index < -0.39 is 0 Å². The van der Waals surface area contributed by atoms with Crippen molar-refractivity contribution in [2.24, 2.45) is 17.8 Å². The average Bonchev–Trinajstić information content (AvgIpc) is 2.30. The van der Waals surface area contributed by atoms with Crippen molar-refractivity contribution < 1.29 is 30.7 Å². The normalized spacial score (nSPS) is 50.6. The minimum atomic E-state index is 0.145. The van der Waals surface area contributed by atoms with Crippen molar-refractivity contribution in [2.45, 2.75) is 35.7 Å². The second-order valence-electron chi connectivity index (χ2n) is 4.90. The molecule has 4 aliphatic rings. The number of hydrogen-bond donors (Lipinski definition) is 0. The van der Waals surface area contributed by atoms with E-state index in [0.717, 1.165) is 28.6 Å². The SMILES string of the molecule is C[I-]C1C2CC3CC(C2)OC(=O)C1C3. The number of esters is 1. The Morgan fingerprint density at radius 3 is 2.93 bits per heavy atom. The summed E-state index contributed by atoms with van der Waals surface area (Å²) >= 11 is 0.206. The van der Waals surface area contributed by atoms with E-state index in [1.165, 1.54) is 12.8 Å². The molecule has 2 saturated carbocycles. The monoisotopic (exact) mass is 307 g/mol. The van der Waals surface area contributed by atoms with Crippen molar-refractivity contribution in [3.63, 3.8) is 0 Å². The van der Waals surface area contributed by atoms with E-state index in [0.29, 0.717) is 5.92 Å². The maximum absolute atomic E-state index is 11.8. The first-order valence-electron chi connectivity index (χ1n) is 5.46. The molecule has 2 aliphatic carbocycles. The van der Waals surface area contributed by atoms with E-state index in [1.807, 2.05) is 0 Å². The Hall–Kier alpha value is 0.200. The molecule has 14 heavy (non-hydrogen) atoms. The molecular formula is C11H16IO2-. The summed E-state index contributed by atoms with van der Waals surface area (Å²) in [4.78, 5) is 14.2. The van der Waals surface area contributed by atoms with E-state index in [9.17, 15) is 4.79 Å². The number of carbonyl (C=O) groups excluding carboxylic acids is 1. The third-order valence-corrected chi connectivity index (χ3v) is 7.38. The molecule has 0 aromatic rings. The summed E-state index contributed by atoms with van der Waals surface area (Å²) in [6.07, 6.45) is 5.16. The summed E-state index contributed by atoms with van der Waals surface area (Å²) in [7, 11) is 0. The number of ether oxygens (including phenoxy) is 1. The third-order valence-electron chi connectivity index (χ3n) is 4.06. The minimum absolute atomic E-state index is 0.145. The van der Waals surface area contributed by atoms with E-state index in [1.54, 1.807) is 0 Å². The molecule has 0 spiro atoms. The fourth-order valence-corrected chi connectivity index (χ4v) is 6.66. The molecule has 3 heteroatoms. The van der Waals surface area contributed by atoms with Gasteiger partial charge in [0.25, 0.3) is 0 Å². The Balaban J connectivity index is 1.96. The van der Waals surface area contributed by atoms with Crippen LogP contribution in [0.25, 0.3) is 0 Å². The predicted octanol–water partition coefficient (Wildman–Crippen LogP) is -1.56. The van der Waals surface area contributed by atoms with Crippen LogP contribution in [0.1, 0.15) is 25.7 Å². The Kier molecular flexibility index (Phi) is 2.26. The molecule has 80 valence electrons. The van der Waals surface area contributed by atoms with Gasteiger partial charge in [0.15, 0.2) is 0 Å². The van der Waals surface area contributed by atoms with Gasteiger partial charge in [-0.3, -0.25) is 0 Å². The molecule has 2 aliphatic heterocycles. The van der Waals surface area contributed by atoms with Crippen LogP contribution in [0, 0.1) is 17.8 Å². The van der Waals surface area contributed by atoms with Gasteiger partial charge in [-0.2, -0.15) is 0 Å². The van der Waals surface area contributed by atoms with Gasteiger partial charge < -0.3 is 0 Å². The number of rotatable bonds is 1. The van der Waals surface area contributed by atoms with Gasteiger partial charge in [0, 0.05) is 0 Å². The molecule has 5 atom stereocenters. The van der Waals surface area contributed by atoms with Crippen LogP contribution in [0.2, 0.25) is 0 Å². The number of carbonyl (C=O) groups is 1. The fraction of sp³-hybridized carbons (Fsp3) is 0.909. The number of halogens is 1. The van der Waals surface area contributed by atoms with Gasteiger partial charge in [0.1, 0.15) is 0 Å². The van der Waals surface area contributed by atoms with Crippen LogP contribution in [0.4, 0.5) is 0 Å². The summed E-state index contributed by atoms with van der Waals surface area (Å²) < 4.78 is 6.29. The number of hydrogen-bond acceptors (Lipinski definition) is 2. The first kappa shape index (κ1) is 9.43. The summed E-state index contributed by atoms with van der Waals surface area (Å²) in [5.41, 5.74) is 0. The molecule has 0 radical (unpaired) electrons. The van der Waals surface area contributed by atoms with E-state index in [-0.39, 0.29) is 33.3 Å². The zero-order chi connectivity index (χ0) is 9.71. The first-order chi connectivity index (χ1) is 6.78. The van der Waals surface area contributed by atoms with Crippen molar-refractivity contribution in [1.29, 1.82) is 0 Å². The Labute approximate surface area is 95.0 Å². The number of alkyl halides is 2. The van der Waals surface area contributed by atoms with Crippen molar-refractivity contribution in [2.75, 3.05) is 4.93 Å². The van der Waals surface area contributed by atoms with Crippen LogP contribution in [0.15, 0.2) is 0 Å². The van der Waals surface area contributed by atoms with Crippen LogP contribution < -0.4 is 21.2 Å². The summed E-state index contributed by atoms with van der Waals surface area (Å²) in [5.74, 6) is 2.08. The van der Waals surface area contributed by atoms with E-state index in [2.05, 4.69) is 4.93 Å². The molecule has 0 N–H and O–H groups in total. The van der Waals surface area contributed by atoms with Crippen molar-refractivity contribution >= 4 is 5.97 Å². The molecule has 0 aromatic carbocycles. The van der Waals surface area contributed by atoms with Gasteiger partial charge in [0.05, 0.1) is 0 Å². The molecule has 5 unspecified atom stereocenters. The first-order valence-corrected chi connectivity index (χ1v) is 8.86. The second kappa shape index (κ2) is 3.35. The predicted molar refractivity (Wildman–Crippen MR) is 48.5 cm³/mol. The second-order valence-corrected chi connectivity index (χ2v) is 7.58. The molecular weight excluding hydrogens is 291 g/mol. The Morgan fingerprint density at radius 1 is 1.29 bits per heavy atom. The molecule has 0 aromatic heterocycles. The molecule has 4 rings (SSSR count). The van der Waals surface area contributed by atoms with Gasteiger partial charge in [-0.05, 0) is 0 Å². The maximum atomic E-state index is 11.8. The van der Waals surface area contributed by atoms with Crippen molar-refractivity contribution in [3.05, 3.63) is 0 Å². The summed E-state index contributed by atoms with van der Waals surface area (Å²) in [6.45, 7) is 0. The van der Waals surface area contributed by atoms with Crippen LogP contribution in [-0.4, -0.2) is 20.9 Å². The third kappa shape index (κ3) is 1.31. The van der Waals surface area contributed by atoms with E-state index in [4.69, 9.17) is 4.74 Å². The van der Waals surface area contributed by atoms with Gasteiger partial charge in [0.2, 0.25) is 0 Å². The number of fused-ring (bicyclic) bond motifs is 1. The van der Waals surface area contributed by atoms with Gasteiger partial charge in [-0.1, -0.05) is 0 Å². The Morgan fingerprint density at radius 2 is 2.14 bits per heavy atom.